The van der Waals surface area contributed by atoms with Crippen LogP contribution in [0.4, 0.5) is 11.5 Å². The Labute approximate surface area is 203 Å². The minimum Gasteiger partial charge on any atom is -0.492 e. The van der Waals surface area contributed by atoms with Crippen LogP contribution in [0.5, 0.6) is 11.5 Å². The molecule has 9 heteroatoms. The molecule has 176 valence electrons. The molecule has 2 N–H and O–H groups in total. The highest BCUT2D eigenvalue weighted by molar-refractivity contribution is 7.80. The number of nitrogens with one attached hydrogen (secondary N) is 2. The van der Waals surface area contributed by atoms with Crippen molar-refractivity contribution in [3.8, 4) is 11.5 Å². The summed E-state index contributed by atoms with van der Waals surface area (Å²) in [4.78, 5) is 15.5. The molecule has 0 unspecified atom stereocenters. The lowest BCUT2D eigenvalue weighted by molar-refractivity contribution is -0.113. The summed E-state index contributed by atoms with van der Waals surface area (Å²) >= 11 is 5.75. The van der Waals surface area contributed by atoms with E-state index < -0.39 is 6.04 Å². The van der Waals surface area contributed by atoms with Gasteiger partial charge >= 0.3 is 0 Å². The van der Waals surface area contributed by atoms with E-state index in [1.54, 1.807) is 20.1 Å². The summed E-state index contributed by atoms with van der Waals surface area (Å²) in [6.07, 6.45) is 0. The first-order valence-electron chi connectivity index (χ1n) is 10.8. The second-order valence-electron chi connectivity index (χ2n) is 7.64. The number of allylic oxidation sites excluding steroid dienone is 1. The molecule has 0 bridgehead atoms. The Balaban J connectivity index is 1.85. The first kappa shape index (κ1) is 23.3. The van der Waals surface area contributed by atoms with Crippen molar-refractivity contribution in [2.75, 3.05) is 23.9 Å². The van der Waals surface area contributed by atoms with E-state index in [4.69, 9.17) is 26.2 Å². The quantitative estimate of drug-likeness (QED) is 0.471. The van der Waals surface area contributed by atoms with Gasteiger partial charge in [-0.25, -0.2) is 0 Å². The lowest BCUT2D eigenvalue weighted by atomic mass is 9.93. The summed E-state index contributed by atoms with van der Waals surface area (Å²) in [7, 11) is 1.58. The first-order valence-corrected chi connectivity index (χ1v) is 11.3. The normalized spacial score (nSPS) is 15.7. The van der Waals surface area contributed by atoms with Crippen molar-refractivity contribution in [2.24, 2.45) is 0 Å². The number of rotatable bonds is 7. The van der Waals surface area contributed by atoms with Crippen molar-refractivity contribution in [1.29, 1.82) is 0 Å². The molecule has 0 aliphatic carbocycles. The van der Waals surface area contributed by atoms with Crippen molar-refractivity contribution in [1.82, 2.24) is 10.5 Å². The smallest absolute Gasteiger partial charge is 0.257 e. The monoisotopic (exact) mass is 478 g/mol. The number of carbonyl (C=O) groups is 1. The van der Waals surface area contributed by atoms with Gasteiger partial charge in [-0.05, 0) is 51.2 Å². The predicted molar refractivity (Wildman–Crippen MR) is 134 cm³/mol. The van der Waals surface area contributed by atoms with Gasteiger partial charge in [-0.15, -0.1) is 0 Å². The predicted octanol–water partition coefficient (Wildman–Crippen LogP) is 4.74. The molecule has 0 saturated carbocycles. The second-order valence-corrected chi connectivity index (χ2v) is 8.03. The van der Waals surface area contributed by atoms with Gasteiger partial charge in [0.05, 0.1) is 25.3 Å². The van der Waals surface area contributed by atoms with E-state index in [-0.39, 0.29) is 5.91 Å². The van der Waals surface area contributed by atoms with Crippen LogP contribution in [0.2, 0.25) is 0 Å². The molecule has 8 nitrogen and oxygen atoms in total. The second kappa shape index (κ2) is 9.96. The van der Waals surface area contributed by atoms with Gasteiger partial charge in [0.2, 0.25) is 0 Å². The Kier molecular flexibility index (Phi) is 6.83. The molecule has 34 heavy (non-hydrogen) atoms. The summed E-state index contributed by atoms with van der Waals surface area (Å²) in [5.74, 6) is 1.71. The van der Waals surface area contributed by atoms with Gasteiger partial charge in [0, 0.05) is 23.0 Å². The summed E-state index contributed by atoms with van der Waals surface area (Å²) in [5.41, 5.74) is 2.71. The lowest BCUT2D eigenvalue weighted by Gasteiger charge is -2.38. The topological polar surface area (TPSA) is 88.9 Å². The van der Waals surface area contributed by atoms with Crippen LogP contribution in [-0.2, 0) is 4.79 Å². The number of carbonyl (C=O) groups excluding carboxylic acids is 1. The third-order valence-electron chi connectivity index (χ3n) is 5.44. The van der Waals surface area contributed by atoms with Crippen molar-refractivity contribution in [3.63, 3.8) is 0 Å². The molecule has 2 aromatic carbocycles. The Morgan fingerprint density at radius 1 is 1.21 bits per heavy atom. The van der Waals surface area contributed by atoms with E-state index in [9.17, 15) is 4.79 Å². The number of benzene rings is 2. The Morgan fingerprint density at radius 2 is 1.97 bits per heavy atom. The Bertz CT molecular complexity index is 1240. The van der Waals surface area contributed by atoms with Crippen LogP contribution >= 0.6 is 12.2 Å². The maximum Gasteiger partial charge on any atom is 0.257 e. The van der Waals surface area contributed by atoms with Gasteiger partial charge in [-0.3, -0.25) is 9.69 Å². The van der Waals surface area contributed by atoms with Gasteiger partial charge in [0.1, 0.15) is 5.76 Å². The number of para-hydroxylation sites is 2. The molecule has 0 spiro atoms. The summed E-state index contributed by atoms with van der Waals surface area (Å²) in [6, 6.07) is 16.3. The molecular weight excluding hydrogens is 452 g/mol. The van der Waals surface area contributed by atoms with Crippen LogP contribution in [0, 0.1) is 6.92 Å². The van der Waals surface area contributed by atoms with Crippen molar-refractivity contribution in [2.45, 2.75) is 26.8 Å². The fourth-order valence-corrected chi connectivity index (χ4v) is 4.38. The number of anilines is 2. The van der Waals surface area contributed by atoms with Crippen molar-refractivity contribution >= 4 is 34.7 Å². The fourth-order valence-electron chi connectivity index (χ4n) is 4.02. The largest absolute Gasteiger partial charge is 0.492 e. The number of hydrogen-bond donors (Lipinski definition) is 2. The number of ether oxygens (including phenoxy) is 2. The molecule has 1 aliphatic heterocycles. The molecular formula is C25H26N4O4S. The van der Waals surface area contributed by atoms with E-state index in [1.807, 2.05) is 67.3 Å². The summed E-state index contributed by atoms with van der Waals surface area (Å²) in [6.45, 7) is 6.01. The number of thiocarbonyl (C=S) groups is 1. The van der Waals surface area contributed by atoms with Crippen LogP contribution in [0.3, 0.4) is 0 Å². The highest BCUT2D eigenvalue weighted by Gasteiger charge is 2.36. The van der Waals surface area contributed by atoms with E-state index in [0.717, 1.165) is 11.3 Å². The van der Waals surface area contributed by atoms with Crippen LogP contribution in [0.15, 0.2) is 70.4 Å². The molecule has 0 fully saturated rings. The molecule has 1 aliphatic rings. The van der Waals surface area contributed by atoms with Crippen LogP contribution in [0.1, 0.15) is 31.2 Å². The third kappa shape index (κ3) is 4.47. The number of hydrogen-bond acceptors (Lipinski definition) is 6. The minimum atomic E-state index is -0.587. The maximum absolute atomic E-state index is 13.6. The molecule has 1 aromatic heterocycles. The standard InChI is InChI=1S/C25H26N4O4S/c1-5-32-19-13-9-12-18(23(19)31-4)22-21(24(30)26-20-14-15(2)33-28-20)16(3)29(25(34)27-22)17-10-7-6-8-11-17/h6-14,22H,5H2,1-4H3,(H,27,34)(H,26,28,30)/t22-/m1/s1. The van der Waals surface area contributed by atoms with E-state index >= 15 is 0 Å². The lowest BCUT2D eigenvalue weighted by Crippen LogP contribution is -2.48. The minimum absolute atomic E-state index is 0.330. The summed E-state index contributed by atoms with van der Waals surface area (Å²) < 4.78 is 16.6. The van der Waals surface area contributed by atoms with Gasteiger partial charge in [0.15, 0.2) is 22.4 Å². The van der Waals surface area contributed by atoms with E-state index in [2.05, 4.69) is 15.8 Å². The molecule has 2 heterocycles. The Morgan fingerprint density at radius 3 is 2.62 bits per heavy atom. The molecule has 1 amide bonds. The summed E-state index contributed by atoms with van der Waals surface area (Å²) in [5, 5.41) is 10.5. The van der Waals surface area contributed by atoms with E-state index in [0.29, 0.717) is 46.1 Å². The number of aromatic nitrogens is 1. The van der Waals surface area contributed by atoms with Crippen LogP contribution < -0.4 is 25.0 Å². The molecule has 3 aromatic rings. The zero-order valence-corrected chi connectivity index (χ0v) is 20.2. The molecule has 1 atom stereocenters. The van der Waals surface area contributed by atoms with Gasteiger partial charge < -0.3 is 24.6 Å². The van der Waals surface area contributed by atoms with Gasteiger partial charge in [-0.2, -0.15) is 0 Å². The highest BCUT2D eigenvalue weighted by atomic mass is 32.1. The Hall–Kier alpha value is -3.85. The highest BCUT2D eigenvalue weighted by Crippen LogP contribution is 2.41. The number of methoxy groups -OCH3 is 1. The van der Waals surface area contributed by atoms with Crippen molar-refractivity contribution < 1.29 is 18.8 Å². The number of amides is 1. The van der Waals surface area contributed by atoms with E-state index in [1.165, 1.54) is 0 Å². The molecule has 4 rings (SSSR count). The maximum atomic E-state index is 13.6. The zero-order chi connectivity index (χ0) is 24.2. The van der Waals surface area contributed by atoms with Gasteiger partial charge in [0.25, 0.3) is 5.91 Å². The zero-order valence-electron chi connectivity index (χ0n) is 19.4. The van der Waals surface area contributed by atoms with Crippen LogP contribution in [-0.4, -0.2) is 29.9 Å². The fraction of sp³-hybridized carbons (Fsp3) is 0.240. The van der Waals surface area contributed by atoms with Gasteiger partial charge in [-0.1, -0.05) is 35.5 Å². The SMILES string of the molecule is CCOc1cccc([C@H]2NC(=S)N(c3ccccc3)C(C)=C2C(=O)Nc2cc(C)on2)c1OC. The molecule has 0 saturated heterocycles. The number of aryl methyl sites for hydroxylation is 1. The third-order valence-corrected chi connectivity index (χ3v) is 5.74. The van der Waals surface area contributed by atoms with Crippen LogP contribution in [0.25, 0.3) is 0 Å². The number of nitrogens with zero attached hydrogens (tertiary/aromatic N) is 2. The van der Waals surface area contributed by atoms with Crippen molar-refractivity contribution in [3.05, 3.63) is 77.2 Å². The molecule has 0 radical (unpaired) electrons. The first-order chi connectivity index (χ1) is 16.4. The average Bonchev–Trinajstić information content (AvgIpc) is 3.23. The average molecular weight is 479 g/mol.